The summed E-state index contributed by atoms with van der Waals surface area (Å²) in [5.74, 6) is 1.65. The molecular weight excluding hydrogens is 364 g/mol. The number of fused-ring (bicyclic) bond motifs is 1. The molecule has 0 unspecified atom stereocenters. The van der Waals surface area contributed by atoms with Crippen LogP contribution in [0.3, 0.4) is 0 Å². The summed E-state index contributed by atoms with van der Waals surface area (Å²) in [5.41, 5.74) is -0.603. The number of carbonyl (C=O) groups excluding carboxylic acids is 2. The smallest absolute Gasteiger partial charge is 0.325 e. The van der Waals surface area contributed by atoms with Crippen LogP contribution in [0.5, 0.6) is 11.5 Å². The van der Waals surface area contributed by atoms with Crippen molar-refractivity contribution < 1.29 is 23.6 Å². The van der Waals surface area contributed by atoms with E-state index in [4.69, 9.17) is 14.0 Å². The minimum atomic E-state index is -1.22. The van der Waals surface area contributed by atoms with Crippen LogP contribution in [0.25, 0.3) is 0 Å². The third kappa shape index (κ3) is 3.06. The fourth-order valence-electron chi connectivity index (χ4n) is 3.21. The Hall–Kier alpha value is -3.10. The van der Waals surface area contributed by atoms with Crippen LogP contribution >= 0.6 is 0 Å². The topological polar surface area (TPSA) is 107 Å². The maximum atomic E-state index is 13.1. The Morgan fingerprint density at radius 3 is 2.68 bits per heavy atom. The SMILES string of the molecule is CC(C)c1noc(CN2C(=O)N[C@](C)(c3ccc4c(c3)OCCCO4)C2=O)n1. The first-order valence-corrected chi connectivity index (χ1v) is 9.25. The molecule has 3 amide bonds. The molecule has 1 aromatic carbocycles. The first-order chi connectivity index (χ1) is 13.4. The molecule has 3 heterocycles. The first-order valence-electron chi connectivity index (χ1n) is 9.25. The second-order valence-electron chi connectivity index (χ2n) is 7.36. The van der Waals surface area contributed by atoms with Crippen LogP contribution in [0.1, 0.15) is 50.4 Å². The fraction of sp³-hybridized carbons (Fsp3) is 0.474. The van der Waals surface area contributed by atoms with Crippen molar-refractivity contribution in [1.82, 2.24) is 20.4 Å². The number of urea groups is 1. The molecule has 2 aliphatic heterocycles. The van der Waals surface area contributed by atoms with Gasteiger partial charge in [0.05, 0.1) is 13.2 Å². The number of nitrogens with zero attached hydrogens (tertiary/aromatic N) is 3. The van der Waals surface area contributed by atoms with E-state index in [9.17, 15) is 9.59 Å². The van der Waals surface area contributed by atoms with Gasteiger partial charge in [0.25, 0.3) is 5.91 Å². The van der Waals surface area contributed by atoms with Gasteiger partial charge in [-0.2, -0.15) is 4.98 Å². The zero-order valence-corrected chi connectivity index (χ0v) is 16.0. The van der Waals surface area contributed by atoms with Crippen LogP contribution in [0, 0.1) is 0 Å². The summed E-state index contributed by atoms with van der Waals surface area (Å²) < 4.78 is 16.5. The summed E-state index contributed by atoms with van der Waals surface area (Å²) in [4.78, 5) is 30.9. The first kappa shape index (κ1) is 18.3. The lowest BCUT2D eigenvalue weighted by atomic mass is 9.91. The molecule has 1 atom stereocenters. The summed E-state index contributed by atoms with van der Waals surface area (Å²) in [5, 5.41) is 6.64. The highest BCUT2D eigenvalue weighted by Crippen LogP contribution is 2.37. The second kappa shape index (κ2) is 6.81. The van der Waals surface area contributed by atoms with Crippen molar-refractivity contribution in [1.29, 1.82) is 0 Å². The van der Waals surface area contributed by atoms with Gasteiger partial charge >= 0.3 is 6.03 Å². The Morgan fingerprint density at radius 2 is 1.96 bits per heavy atom. The molecule has 148 valence electrons. The zero-order chi connectivity index (χ0) is 19.9. The second-order valence-corrected chi connectivity index (χ2v) is 7.36. The minimum Gasteiger partial charge on any atom is -0.490 e. The maximum Gasteiger partial charge on any atom is 0.325 e. The van der Waals surface area contributed by atoms with Gasteiger partial charge in [-0.1, -0.05) is 25.1 Å². The van der Waals surface area contributed by atoms with E-state index in [1.807, 2.05) is 13.8 Å². The van der Waals surface area contributed by atoms with E-state index in [1.165, 1.54) is 0 Å². The molecule has 0 saturated carbocycles. The van der Waals surface area contributed by atoms with Crippen LogP contribution < -0.4 is 14.8 Å². The van der Waals surface area contributed by atoms with Crippen molar-refractivity contribution in [3.63, 3.8) is 0 Å². The van der Waals surface area contributed by atoms with E-state index in [-0.39, 0.29) is 18.4 Å². The normalized spacial score (nSPS) is 21.8. The number of rotatable bonds is 4. The molecule has 1 aromatic heterocycles. The summed E-state index contributed by atoms with van der Waals surface area (Å²) >= 11 is 0. The van der Waals surface area contributed by atoms with Gasteiger partial charge in [-0.25, -0.2) is 4.79 Å². The predicted molar refractivity (Wildman–Crippen MR) is 96.9 cm³/mol. The van der Waals surface area contributed by atoms with E-state index in [2.05, 4.69) is 15.5 Å². The molecule has 2 aromatic rings. The quantitative estimate of drug-likeness (QED) is 0.804. The summed E-state index contributed by atoms with van der Waals surface area (Å²) in [6.07, 6.45) is 0.785. The van der Waals surface area contributed by atoms with Crippen LogP contribution in [0.4, 0.5) is 4.79 Å². The lowest BCUT2D eigenvalue weighted by Crippen LogP contribution is -2.40. The number of aromatic nitrogens is 2. The minimum absolute atomic E-state index is 0.0788. The molecule has 0 aliphatic carbocycles. The number of hydrogen-bond acceptors (Lipinski definition) is 7. The molecule has 2 aliphatic rings. The highest BCUT2D eigenvalue weighted by molar-refractivity contribution is 6.07. The van der Waals surface area contributed by atoms with E-state index in [0.29, 0.717) is 36.1 Å². The van der Waals surface area contributed by atoms with Gasteiger partial charge < -0.3 is 19.3 Å². The van der Waals surface area contributed by atoms with E-state index >= 15 is 0 Å². The van der Waals surface area contributed by atoms with Gasteiger partial charge in [0.2, 0.25) is 5.89 Å². The molecule has 28 heavy (non-hydrogen) atoms. The molecule has 0 spiro atoms. The third-order valence-corrected chi connectivity index (χ3v) is 4.89. The van der Waals surface area contributed by atoms with E-state index in [0.717, 1.165) is 11.3 Å². The number of nitrogens with one attached hydrogen (secondary N) is 1. The number of ether oxygens (including phenoxy) is 2. The standard InChI is InChI=1S/C19H22N4O5/c1-11(2)16-20-15(28-22-16)10-23-17(24)19(3,21-18(23)25)12-5-6-13-14(9-12)27-8-4-7-26-13/h5-6,9,11H,4,7-8,10H2,1-3H3,(H,21,25)/t19-/m1/s1. The van der Waals surface area contributed by atoms with Crippen molar-refractivity contribution in [2.75, 3.05) is 13.2 Å². The number of imide groups is 1. The van der Waals surface area contributed by atoms with Crippen molar-refractivity contribution in [2.24, 2.45) is 0 Å². The molecule has 4 rings (SSSR count). The molecule has 1 N–H and O–H groups in total. The fourth-order valence-corrected chi connectivity index (χ4v) is 3.21. The van der Waals surface area contributed by atoms with Crippen LogP contribution in [0.15, 0.2) is 22.7 Å². The molecule has 9 nitrogen and oxygen atoms in total. The van der Waals surface area contributed by atoms with Gasteiger partial charge in [0.1, 0.15) is 12.1 Å². The summed E-state index contributed by atoms with van der Waals surface area (Å²) in [6, 6.07) is 4.75. The average molecular weight is 386 g/mol. The molecule has 1 fully saturated rings. The molecule has 0 bridgehead atoms. The van der Waals surface area contributed by atoms with Crippen LogP contribution in [-0.4, -0.2) is 40.2 Å². The number of amides is 3. The lowest BCUT2D eigenvalue weighted by molar-refractivity contribution is -0.131. The van der Waals surface area contributed by atoms with Crippen molar-refractivity contribution in [3.8, 4) is 11.5 Å². The van der Waals surface area contributed by atoms with Crippen molar-refractivity contribution >= 4 is 11.9 Å². The van der Waals surface area contributed by atoms with Crippen LogP contribution in [0.2, 0.25) is 0 Å². The highest BCUT2D eigenvalue weighted by atomic mass is 16.5. The summed E-state index contributed by atoms with van der Waals surface area (Å²) in [6.45, 7) is 6.57. The van der Waals surface area contributed by atoms with Gasteiger partial charge in [-0.15, -0.1) is 0 Å². The van der Waals surface area contributed by atoms with E-state index < -0.39 is 17.5 Å². The number of hydrogen-bond donors (Lipinski definition) is 1. The highest BCUT2D eigenvalue weighted by Gasteiger charge is 2.49. The monoisotopic (exact) mass is 386 g/mol. The lowest BCUT2D eigenvalue weighted by Gasteiger charge is -2.23. The predicted octanol–water partition coefficient (Wildman–Crippen LogP) is 2.32. The molecule has 1 saturated heterocycles. The zero-order valence-electron chi connectivity index (χ0n) is 16.0. The van der Waals surface area contributed by atoms with Crippen molar-refractivity contribution in [3.05, 3.63) is 35.5 Å². The molecule has 0 radical (unpaired) electrons. The average Bonchev–Trinajstić information content (AvgIpc) is 3.12. The van der Waals surface area contributed by atoms with Gasteiger partial charge in [-0.05, 0) is 24.6 Å². The molecular formula is C19H22N4O5. The maximum absolute atomic E-state index is 13.1. The Bertz CT molecular complexity index is 925. The van der Waals surface area contributed by atoms with Gasteiger partial charge in [-0.3, -0.25) is 9.69 Å². The molecule has 9 heteroatoms. The third-order valence-electron chi connectivity index (χ3n) is 4.89. The Labute approximate surface area is 162 Å². The Balaban J connectivity index is 1.59. The van der Waals surface area contributed by atoms with Gasteiger partial charge in [0, 0.05) is 12.3 Å². The Kier molecular flexibility index (Phi) is 4.44. The van der Waals surface area contributed by atoms with Crippen molar-refractivity contribution in [2.45, 2.75) is 45.2 Å². The Morgan fingerprint density at radius 1 is 1.21 bits per heavy atom. The largest absolute Gasteiger partial charge is 0.490 e. The number of benzene rings is 1. The number of carbonyl (C=O) groups is 2. The van der Waals surface area contributed by atoms with Gasteiger partial charge in [0.15, 0.2) is 17.3 Å². The summed E-state index contributed by atoms with van der Waals surface area (Å²) in [7, 11) is 0. The van der Waals surface area contributed by atoms with E-state index in [1.54, 1.807) is 25.1 Å². The van der Waals surface area contributed by atoms with Crippen LogP contribution in [-0.2, 0) is 16.9 Å².